The average Bonchev–Trinajstić information content (AvgIpc) is 2.87. The molecule has 0 spiro atoms. The molecule has 66 valence electrons. The normalized spacial score (nSPS) is 17.6. The zero-order valence-electron chi connectivity index (χ0n) is 6.83. The summed E-state index contributed by atoms with van der Waals surface area (Å²) in [4.78, 5) is 17.2. The first-order chi connectivity index (χ1) is 6.28. The van der Waals surface area contributed by atoms with E-state index in [1.54, 1.807) is 12.1 Å². The summed E-state index contributed by atoms with van der Waals surface area (Å²) < 4.78 is 13.1. The first-order valence-electron chi connectivity index (χ1n) is 3.98. The molecule has 0 saturated heterocycles. The Balaban J connectivity index is 2.46. The number of hydrogen-bond acceptors (Lipinski definition) is 3. The van der Waals surface area contributed by atoms with Crippen molar-refractivity contribution < 1.29 is 9.18 Å². The highest BCUT2D eigenvalue weighted by molar-refractivity contribution is 5.40. The highest BCUT2D eigenvalue weighted by Crippen LogP contribution is 2.49. The van der Waals surface area contributed by atoms with E-state index in [0.717, 1.165) is 0 Å². The van der Waals surface area contributed by atoms with Crippen LogP contribution in [0.1, 0.15) is 18.4 Å². The van der Waals surface area contributed by atoms with Crippen LogP contribution in [0.5, 0.6) is 0 Å². The third-order valence-corrected chi connectivity index (χ3v) is 2.24. The molecule has 1 aromatic heterocycles. The maximum absolute atomic E-state index is 13.1. The fraction of sp³-hybridized carbons (Fsp3) is 0.333. The van der Waals surface area contributed by atoms with Gasteiger partial charge in [0.05, 0.1) is 0 Å². The summed E-state index contributed by atoms with van der Waals surface area (Å²) in [6, 6.07) is 3.25. The maximum atomic E-state index is 13.1. The van der Waals surface area contributed by atoms with E-state index in [9.17, 15) is 9.18 Å². The van der Waals surface area contributed by atoms with Crippen LogP contribution in [0, 0.1) is 5.95 Å². The Hall–Kier alpha value is -1.54. The zero-order chi connectivity index (χ0) is 9.31. The van der Waals surface area contributed by atoms with Crippen LogP contribution in [0.3, 0.4) is 0 Å². The van der Waals surface area contributed by atoms with E-state index in [1.165, 1.54) is 12.3 Å². The van der Waals surface area contributed by atoms with Crippen LogP contribution in [0.4, 0.5) is 4.39 Å². The van der Waals surface area contributed by atoms with Gasteiger partial charge in [0.2, 0.25) is 12.0 Å². The first kappa shape index (κ1) is 8.08. The highest BCUT2D eigenvalue weighted by atomic mass is 19.1. The Kier molecular flexibility index (Phi) is 1.71. The summed E-state index contributed by atoms with van der Waals surface area (Å²) in [5, 5.41) is 0. The molecule has 0 amide bonds. The van der Waals surface area contributed by atoms with Gasteiger partial charge in [-0.2, -0.15) is 9.38 Å². The van der Waals surface area contributed by atoms with Crippen LogP contribution in [-0.2, 0) is 10.3 Å². The third kappa shape index (κ3) is 1.25. The second kappa shape index (κ2) is 2.75. The first-order valence-corrected chi connectivity index (χ1v) is 3.98. The van der Waals surface area contributed by atoms with Gasteiger partial charge in [-0.05, 0) is 18.9 Å². The summed E-state index contributed by atoms with van der Waals surface area (Å²) in [5.41, 5.74) is -0.251. The second-order valence-electron chi connectivity index (χ2n) is 3.08. The lowest BCUT2D eigenvalue weighted by atomic mass is 10.1. The topological polar surface area (TPSA) is 42.3 Å². The maximum Gasteiger partial charge on any atom is 0.235 e. The third-order valence-electron chi connectivity index (χ3n) is 2.24. The van der Waals surface area contributed by atoms with E-state index in [1.807, 2.05) is 0 Å². The lowest BCUT2D eigenvalue weighted by Gasteiger charge is -2.06. The number of rotatable bonds is 2. The van der Waals surface area contributed by atoms with E-state index in [2.05, 4.69) is 9.98 Å². The van der Waals surface area contributed by atoms with E-state index in [0.29, 0.717) is 18.4 Å². The number of hydrogen-bond donors (Lipinski definition) is 0. The number of pyridine rings is 1. The van der Waals surface area contributed by atoms with E-state index in [4.69, 9.17) is 0 Å². The molecule has 1 heterocycles. The van der Waals surface area contributed by atoms with Crippen LogP contribution in [0.25, 0.3) is 0 Å². The van der Waals surface area contributed by atoms with Gasteiger partial charge in [-0.1, -0.05) is 6.07 Å². The van der Waals surface area contributed by atoms with Crippen LogP contribution >= 0.6 is 0 Å². The summed E-state index contributed by atoms with van der Waals surface area (Å²) in [7, 11) is 0. The number of aromatic nitrogens is 1. The number of nitrogens with zero attached hydrogens (tertiary/aromatic N) is 2. The molecule has 1 aromatic rings. The molecular formula is C9H7FN2O. The predicted molar refractivity (Wildman–Crippen MR) is 43.2 cm³/mol. The Labute approximate surface area is 74.3 Å². The number of carbonyl (C=O) groups excluding carboxylic acids is 1. The van der Waals surface area contributed by atoms with Gasteiger partial charge in [0.25, 0.3) is 0 Å². The number of halogens is 1. The van der Waals surface area contributed by atoms with Crippen molar-refractivity contribution >= 4 is 6.08 Å². The molecule has 13 heavy (non-hydrogen) atoms. The number of aliphatic imine (C=N–C) groups is 1. The minimum atomic E-state index is -0.653. The molecular weight excluding hydrogens is 171 g/mol. The van der Waals surface area contributed by atoms with Gasteiger partial charge >= 0.3 is 0 Å². The molecule has 0 radical (unpaired) electrons. The van der Waals surface area contributed by atoms with Crippen molar-refractivity contribution in [3.8, 4) is 0 Å². The molecule has 2 rings (SSSR count). The van der Waals surface area contributed by atoms with Crippen molar-refractivity contribution in [1.29, 1.82) is 0 Å². The predicted octanol–water partition coefficient (Wildman–Crippen LogP) is 1.55. The highest BCUT2D eigenvalue weighted by Gasteiger charge is 2.46. The van der Waals surface area contributed by atoms with Gasteiger partial charge < -0.3 is 0 Å². The number of isocyanates is 1. The zero-order valence-corrected chi connectivity index (χ0v) is 6.83. The monoisotopic (exact) mass is 178 g/mol. The van der Waals surface area contributed by atoms with Crippen LogP contribution in [0.15, 0.2) is 23.3 Å². The molecule has 0 unspecified atom stereocenters. The molecule has 1 fully saturated rings. The van der Waals surface area contributed by atoms with Crippen molar-refractivity contribution in [2.24, 2.45) is 4.99 Å². The van der Waals surface area contributed by atoms with Gasteiger partial charge in [-0.25, -0.2) is 9.78 Å². The minimum Gasteiger partial charge on any atom is -0.228 e. The Bertz CT molecular complexity index is 381. The van der Waals surface area contributed by atoms with Crippen LogP contribution in [-0.4, -0.2) is 11.1 Å². The van der Waals surface area contributed by atoms with Gasteiger partial charge in [0, 0.05) is 11.8 Å². The lowest BCUT2D eigenvalue weighted by Crippen LogP contribution is -2.06. The molecule has 4 heteroatoms. The fourth-order valence-corrected chi connectivity index (χ4v) is 1.38. The largest absolute Gasteiger partial charge is 0.235 e. The molecule has 0 N–H and O–H groups in total. The van der Waals surface area contributed by atoms with Gasteiger partial charge in [-0.15, -0.1) is 0 Å². The molecule has 1 saturated carbocycles. The summed E-state index contributed by atoms with van der Waals surface area (Å²) in [6.07, 6.45) is 4.25. The van der Waals surface area contributed by atoms with Gasteiger partial charge in [-0.3, -0.25) is 0 Å². The van der Waals surface area contributed by atoms with E-state index < -0.39 is 11.5 Å². The molecule has 3 nitrogen and oxygen atoms in total. The van der Waals surface area contributed by atoms with Crippen molar-refractivity contribution in [3.05, 3.63) is 29.8 Å². The molecule has 1 aliphatic carbocycles. The average molecular weight is 178 g/mol. The van der Waals surface area contributed by atoms with Crippen molar-refractivity contribution in [2.75, 3.05) is 0 Å². The Morgan fingerprint density at radius 3 is 2.92 bits per heavy atom. The molecule has 0 atom stereocenters. The van der Waals surface area contributed by atoms with E-state index >= 15 is 0 Å². The van der Waals surface area contributed by atoms with Crippen molar-refractivity contribution in [3.63, 3.8) is 0 Å². The quantitative estimate of drug-likeness (QED) is 0.391. The molecule has 0 bridgehead atoms. The second-order valence-corrected chi connectivity index (χ2v) is 3.08. The van der Waals surface area contributed by atoms with Crippen molar-refractivity contribution in [2.45, 2.75) is 18.4 Å². The standard InChI is InChI=1S/C9H7FN2O/c10-8-7(2-1-5-11-8)9(3-4-9)12-6-13/h1-2,5H,3-4H2. The van der Waals surface area contributed by atoms with E-state index in [-0.39, 0.29) is 0 Å². The molecule has 1 aliphatic rings. The summed E-state index contributed by atoms with van der Waals surface area (Å²) >= 11 is 0. The Morgan fingerprint density at radius 1 is 1.62 bits per heavy atom. The van der Waals surface area contributed by atoms with Gasteiger partial charge in [0.1, 0.15) is 5.54 Å². The molecule has 0 aliphatic heterocycles. The summed E-state index contributed by atoms with van der Waals surface area (Å²) in [6.45, 7) is 0. The molecule has 0 aromatic carbocycles. The smallest absolute Gasteiger partial charge is 0.228 e. The van der Waals surface area contributed by atoms with Crippen LogP contribution < -0.4 is 0 Å². The van der Waals surface area contributed by atoms with Crippen molar-refractivity contribution in [1.82, 2.24) is 4.98 Å². The van der Waals surface area contributed by atoms with Crippen LogP contribution in [0.2, 0.25) is 0 Å². The van der Waals surface area contributed by atoms with Gasteiger partial charge in [0.15, 0.2) is 0 Å². The lowest BCUT2D eigenvalue weighted by molar-refractivity contribution is 0.531. The summed E-state index contributed by atoms with van der Waals surface area (Å²) in [5.74, 6) is -0.543. The minimum absolute atomic E-state index is 0.401. The fourth-order valence-electron chi connectivity index (χ4n) is 1.38. The Morgan fingerprint density at radius 2 is 2.38 bits per heavy atom. The SMILES string of the molecule is O=C=NC1(c2cccnc2F)CC1.